The minimum absolute atomic E-state index is 0.118. The van der Waals surface area contributed by atoms with Crippen molar-refractivity contribution in [2.75, 3.05) is 17.7 Å². The zero-order valence-corrected chi connectivity index (χ0v) is 17.8. The van der Waals surface area contributed by atoms with Gasteiger partial charge in [-0.1, -0.05) is 0 Å². The van der Waals surface area contributed by atoms with E-state index in [-0.39, 0.29) is 23.1 Å². The fraction of sp³-hybridized carbons (Fsp3) is 0.316. The maximum atomic E-state index is 14.1. The van der Waals surface area contributed by atoms with Gasteiger partial charge < -0.3 is 15.4 Å². The maximum absolute atomic E-state index is 14.1. The number of methoxy groups -OCH3 is 1. The van der Waals surface area contributed by atoms with Gasteiger partial charge in [-0.15, -0.1) is 0 Å². The van der Waals surface area contributed by atoms with E-state index in [1.54, 1.807) is 0 Å². The molecule has 0 aliphatic heterocycles. The monoisotopic (exact) mass is 471 g/mol. The first-order chi connectivity index (χ1) is 15.3. The molecule has 0 atom stereocenters. The number of rotatable bonds is 6. The lowest BCUT2D eigenvalue weighted by Gasteiger charge is -2.16. The van der Waals surface area contributed by atoms with Crippen molar-refractivity contribution in [3.05, 3.63) is 36.0 Å². The highest BCUT2D eigenvalue weighted by molar-refractivity contribution is 5.88. The van der Waals surface area contributed by atoms with E-state index >= 15 is 0 Å². The minimum Gasteiger partial charge on any atom is -0.493 e. The number of alkyl halides is 5. The third kappa shape index (κ3) is 5.51. The van der Waals surface area contributed by atoms with Crippen LogP contribution in [-0.4, -0.2) is 37.7 Å². The van der Waals surface area contributed by atoms with E-state index in [0.717, 1.165) is 16.9 Å². The zero-order chi connectivity index (χ0) is 24.6. The first-order valence-electron chi connectivity index (χ1n) is 9.25. The van der Waals surface area contributed by atoms with Crippen LogP contribution in [0.5, 0.6) is 5.75 Å². The lowest BCUT2D eigenvalue weighted by Crippen LogP contribution is -2.15. The standard InChI is InChI=1S/C19H18F5N7O2/c1-9(32)26-14-6-12(13(33-4)7-25-14)27-15-5-11(28-17(29-15)18(2,20)21)10-8-31(3)30-16(10)19(22,23)24/h5-8H,1-4H3,(H2,25,26,27,28,29,32). The van der Waals surface area contributed by atoms with Gasteiger partial charge in [0.05, 0.1) is 30.3 Å². The van der Waals surface area contributed by atoms with Crippen molar-refractivity contribution in [2.24, 2.45) is 7.05 Å². The number of carbonyl (C=O) groups excluding carboxylic acids is 1. The Labute approximate surface area is 184 Å². The SMILES string of the molecule is COc1cnc(NC(C)=O)cc1Nc1cc(-c2cn(C)nc2C(F)(F)F)nc(C(C)(F)F)n1. The number of aromatic nitrogens is 5. The van der Waals surface area contributed by atoms with Crippen molar-refractivity contribution in [1.82, 2.24) is 24.7 Å². The molecule has 1 amide bonds. The number of nitrogens with one attached hydrogen (secondary N) is 2. The average Bonchev–Trinajstić information content (AvgIpc) is 3.09. The summed E-state index contributed by atoms with van der Waals surface area (Å²) < 4.78 is 74.5. The van der Waals surface area contributed by atoms with Gasteiger partial charge in [0, 0.05) is 39.2 Å². The molecule has 14 heteroatoms. The number of hydrogen-bond acceptors (Lipinski definition) is 7. The Bertz CT molecular complexity index is 1190. The summed E-state index contributed by atoms with van der Waals surface area (Å²) in [7, 11) is 2.59. The smallest absolute Gasteiger partial charge is 0.435 e. The van der Waals surface area contributed by atoms with Gasteiger partial charge in [0.1, 0.15) is 11.6 Å². The molecule has 3 aromatic rings. The summed E-state index contributed by atoms with van der Waals surface area (Å²) in [5, 5.41) is 8.55. The van der Waals surface area contributed by atoms with Gasteiger partial charge in [-0.3, -0.25) is 9.48 Å². The van der Waals surface area contributed by atoms with Gasteiger partial charge in [0.25, 0.3) is 0 Å². The molecule has 33 heavy (non-hydrogen) atoms. The van der Waals surface area contributed by atoms with Crippen LogP contribution in [0.25, 0.3) is 11.3 Å². The first-order valence-corrected chi connectivity index (χ1v) is 9.25. The normalized spacial score (nSPS) is 11.9. The summed E-state index contributed by atoms with van der Waals surface area (Å²) in [6.07, 6.45) is -2.56. The van der Waals surface area contributed by atoms with Crippen molar-refractivity contribution < 1.29 is 31.5 Å². The molecule has 0 unspecified atom stereocenters. The number of ether oxygens (including phenoxy) is 1. The Morgan fingerprint density at radius 3 is 2.39 bits per heavy atom. The summed E-state index contributed by atoms with van der Waals surface area (Å²) in [6.45, 7) is 1.78. The van der Waals surface area contributed by atoms with Crippen molar-refractivity contribution in [2.45, 2.75) is 25.9 Å². The van der Waals surface area contributed by atoms with E-state index in [1.807, 2.05) is 0 Å². The van der Waals surface area contributed by atoms with E-state index in [9.17, 15) is 26.7 Å². The minimum atomic E-state index is -4.84. The molecule has 0 saturated carbocycles. The summed E-state index contributed by atoms with van der Waals surface area (Å²) in [6, 6.07) is 2.41. The molecule has 3 heterocycles. The molecule has 3 rings (SSSR count). The topological polar surface area (TPSA) is 107 Å². The second-order valence-electron chi connectivity index (χ2n) is 6.99. The summed E-state index contributed by atoms with van der Waals surface area (Å²) in [5.41, 5.74) is -2.04. The fourth-order valence-electron chi connectivity index (χ4n) is 2.82. The highest BCUT2D eigenvalue weighted by Gasteiger charge is 2.38. The number of aryl methyl sites for hydroxylation is 1. The van der Waals surface area contributed by atoms with Crippen LogP contribution in [0.15, 0.2) is 24.5 Å². The third-order valence-electron chi connectivity index (χ3n) is 4.15. The van der Waals surface area contributed by atoms with Crippen molar-refractivity contribution in [3.63, 3.8) is 0 Å². The summed E-state index contributed by atoms with van der Waals surface area (Å²) in [5.74, 6) is -4.94. The van der Waals surface area contributed by atoms with E-state index in [4.69, 9.17) is 4.74 Å². The highest BCUT2D eigenvalue weighted by atomic mass is 19.4. The van der Waals surface area contributed by atoms with Crippen LogP contribution in [-0.2, 0) is 23.9 Å². The second-order valence-corrected chi connectivity index (χ2v) is 6.99. The zero-order valence-electron chi connectivity index (χ0n) is 17.8. The van der Waals surface area contributed by atoms with E-state index in [1.165, 1.54) is 33.3 Å². The first kappa shape index (κ1) is 23.8. The van der Waals surface area contributed by atoms with Crippen LogP contribution in [0.3, 0.4) is 0 Å². The van der Waals surface area contributed by atoms with Crippen LogP contribution in [0.2, 0.25) is 0 Å². The Balaban J connectivity index is 2.15. The average molecular weight is 471 g/mol. The molecule has 0 aliphatic carbocycles. The molecule has 9 nitrogen and oxygen atoms in total. The molecule has 0 aromatic carbocycles. The Morgan fingerprint density at radius 1 is 1.12 bits per heavy atom. The highest BCUT2D eigenvalue weighted by Crippen LogP contribution is 2.37. The number of nitrogens with zero attached hydrogens (tertiary/aromatic N) is 5. The van der Waals surface area contributed by atoms with E-state index < -0.39 is 40.8 Å². The number of hydrogen-bond donors (Lipinski definition) is 2. The number of pyridine rings is 1. The predicted octanol–water partition coefficient (Wildman–Crippen LogP) is 4.11. The molecule has 3 aromatic heterocycles. The van der Waals surface area contributed by atoms with Crippen LogP contribution in [0, 0.1) is 0 Å². The predicted molar refractivity (Wildman–Crippen MR) is 107 cm³/mol. The van der Waals surface area contributed by atoms with Crippen LogP contribution < -0.4 is 15.4 Å². The summed E-state index contributed by atoms with van der Waals surface area (Å²) >= 11 is 0. The maximum Gasteiger partial charge on any atom is 0.435 e. The van der Waals surface area contributed by atoms with E-state index in [0.29, 0.717) is 6.92 Å². The Hall–Kier alpha value is -3.84. The van der Waals surface area contributed by atoms with Crippen molar-refractivity contribution in [1.29, 1.82) is 0 Å². The van der Waals surface area contributed by atoms with Crippen molar-refractivity contribution >= 4 is 23.2 Å². The Kier molecular flexibility index (Phi) is 6.20. The fourth-order valence-corrected chi connectivity index (χ4v) is 2.82. The van der Waals surface area contributed by atoms with Gasteiger partial charge in [0.15, 0.2) is 11.4 Å². The summed E-state index contributed by atoms with van der Waals surface area (Å²) in [4.78, 5) is 22.7. The molecule has 0 bridgehead atoms. The molecule has 2 N–H and O–H groups in total. The quantitative estimate of drug-likeness (QED) is 0.521. The molecule has 0 spiro atoms. The molecular weight excluding hydrogens is 453 g/mol. The number of anilines is 3. The van der Waals surface area contributed by atoms with Gasteiger partial charge >= 0.3 is 12.1 Å². The van der Waals surface area contributed by atoms with Crippen LogP contribution in [0.1, 0.15) is 25.4 Å². The van der Waals surface area contributed by atoms with Gasteiger partial charge in [0.2, 0.25) is 11.7 Å². The molecule has 176 valence electrons. The van der Waals surface area contributed by atoms with Gasteiger partial charge in [-0.05, 0) is 0 Å². The lowest BCUT2D eigenvalue weighted by atomic mass is 10.1. The van der Waals surface area contributed by atoms with E-state index in [2.05, 4.69) is 30.7 Å². The Morgan fingerprint density at radius 2 is 1.82 bits per heavy atom. The molecule has 0 radical (unpaired) electrons. The lowest BCUT2D eigenvalue weighted by molar-refractivity contribution is -0.141. The van der Waals surface area contributed by atoms with Gasteiger partial charge in [-0.2, -0.15) is 27.1 Å². The molecule has 0 aliphatic rings. The largest absolute Gasteiger partial charge is 0.493 e. The third-order valence-corrected chi connectivity index (χ3v) is 4.15. The van der Waals surface area contributed by atoms with Gasteiger partial charge in [-0.25, -0.2) is 15.0 Å². The van der Waals surface area contributed by atoms with Crippen molar-refractivity contribution in [3.8, 4) is 17.0 Å². The van der Waals surface area contributed by atoms with Crippen LogP contribution >= 0.6 is 0 Å². The van der Waals surface area contributed by atoms with Crippen LogP contribution in [0.4, 0.5) is 39.3 Å². The number of amides is 1. The molecule has 0 saturated heterocycles. The second kappa shape index (κ2) is 8.60. The molecule has 0 fully saturated rings. The molecular formula is C19H18F5N7O2. The number of halogens is 5. The number of carbonyl (C=O) groups is 1.